The molecule has 0 atom stereocenters. The predicted octanol–water partition coefficient (Wildman–Crippen LogP) is 2.78. The molecule has 0 saturated carbocycles. The highest BCUT2D eigenvalue weighted by atomic mass is 16.5. The zero-order chi connectivity index (χ0) is 18.4. The first-order valence-corrected chi connectivity index (χ1v) is 9.38. The topological polar surface area (TPSA) is 68.2 Å². The summed E-state index contributed by atoms with van der Waals surface area (Å²) in [6.07, 6.45) is 4.78. The molecule has 1 aliphatic heterocycles. The SMILES string of the molecule is CCCOc1cn(-c2ccccc2)nc1C(=O)NCC1(C)CCNCC1. The zero-order valence-electron chi connectivity index (χ0n) is 15.6. The van der Waals surface area contributed by atoms with Gasteiger partial charge in [-0.2, -0.15) is 5.10 Å². The molecule has 0 spiro atoms. The third-order valence-corrected chi connectivity index (χ3v) is 4.86. The van der Waals surface area contributed by atoms with E-state index in [1.807, 2.05) is 37.3 Å². The second kappa shape index (κ2) is 8.36. The van der Waals surface area contributed by atoms with Crippen LogP contribution in [0, 0.1) is 5.41 Å². The average molecular weight is 356 g/mol. The van der Waals surface area contributed by atoms with Gasteiger partial charge in [-0.3, -0.25) is 4.79 Å². The maximum absolute atomic E-state index is 12.8. The number of benzene rings is 1. The Morgan fingerprint density at radius 2 is 2.04 bits per heavy atom. The second-order valence-corrected chi connectivity index (χ2v) is 7.21. The van der Waals surface area contributed by atoms with E-state index in [-0.39, 0.29) is 11.3 Å². The number of carbonyl (C=O) groups excluding carboxylic acids is 1. The molecule has 1 amide bonds. The molecule has 1 saturated heterocycles. The highest BCUT2D eigenvalue weighted by Crippen LogP contribution is 2.27. The predicted molar refractivity (Wildman–Crippen MR) is 102 cm³/mol. The van der Waals surface area contributed by atoms with Crippen LogP contribution in [0.5, 0.6) is 5.75 Å². The minimum atomic E-state index is -0.175. The van der Waals surface area contributed by atoms with Crippen LogP contribution in [0.25, 0.3) is 5.69 Å². The van der Waals surface area contributed by atoms with E-state index >= 15 is 0 Å². The van der Waals surface area contributed by atoms with Crippen LogP contribution in [0.3, 0.4) is 0 Å². The maximum atomic E-state index is 12.8. The Kier molecular flexibility index (Phi) is 5.93. The van der Waals surface area contributed by atoms with E-state index in [0.717, 1.165) is 38.0 Å². The van der Waals surface area contributed by atoms with Crippen molar-refractivity contribution in [3.8, 4) is 11.4 Å². The summed E-state index contributed by atoms with van der Waals surface area (Å²) in [6, 6.07) is 9.75. The first-order chi connectivity index (χ1) is 12.6. The van der Waals surface area contributed by atoms with Crippen LogP contribution in [0.1, 0.15) is 43.6 Å². The van der Waals surface area contributed by atoms with E-state index in [0.29, 0.717) is 24.6 Å². The first kappa shape index (κ1) is 18.5. The van der Waals surface area contributed by atoms with Gasteiger partial charge in [0, 0.05) is 6.54 Å². The van der Waals surface area contributed by atoms with E-state index in [9.17, 15) is 4.79 Å². The van der Waals surface area contributed by atoms with Crippen molar-refractivity contribution in [2.75, 3.05) is 26.2 Å². The van der Waals surface area contributed by atoms with Gasteiger partial charge in [0.1, 0.15) is 0 Å². The quantitative estimate of drug-likeness (QED) is 0.800. The minimum Gasteiger partial charge on any atom is -0.489 e. The summed E-state index contributed by atoms with van der Waals surface area (Å²) >= 11 is 0. The molecule has 0 aliphatic carbocycles. The van der Waals surface area contributed by atoms with Crippen LogP contribution in [0.15, 0.2) is 36.5 Å². The lowest BCUT2D eigenvalue weighted by Gasteiger charge is -2.34. The molecule has 2 aromatic rings. The molecule has 1 aliphatic rings. The molecule has 1 fully saturated rings. The Morgan fingerprint density at radius 3 is 2.73 bits per heavy atom. The summed E-state index contributed by atoms with van der Waals surface area (Å²) in [4.78, 5) is 12.8. The summed E-state index contributed by atoms with van der Waals surface area (Å²) in [7, 11) is 0. The zero-order valence-corrected chi connectivity index (χ0v) is 15.6. The third-order valence-electron chi connectivity index (χ3n) is 4.86. The normalized spacial score (nSPS) is 16.2. The molecule has 2 heterocycles. The largest absolute Gasteiger partial charge is 0.489 e. The molecular weight excluding hydrogens is 328 g/mol. The fraction of sp³-hybridized carbons (Fsp3) is 0.500. The fourth-order valence-electron chi connectivity index (χ4n) is 3.13. The van der Waals surface area contributed by atoms with Gasteiger partial charge in [0.2, 0.25) is 0 Å². The Morgan fingerprint density at radius 1 is 1.31 bits per heavy atom. The minimum absolute atomic E-state index is 0.132. The van der Waals surface area contributed by atoms with Gasteiger partial charge in [-0.15, -0.1) is 0 Å². The fourth-order valence-corrected chi connectivity index (χ4v) is 3.13. The lowest BCUT2D eigenvalue weighted by atomic mass is 9.81. The van der Waals surface area contributed by atoms with Crippen molar-refractivity contribution >= 4 is 5.91 Å². The molecule has 140 valence electrons. The van der Waals surface area contributed by atoms with Crippen molar-refractivity contribution in [1.82, 2.24) is 20.4 Å². The first-order valence-electron chi connectivity index (χ1n) is 9.38. The van der Waals surface area contributed by atoms with Gasteiger partial charge in [0.25, 0.3) is 5.91 Å². The van der Waals surface area contributed by atoms with Crippen LogP contribution >= 0.6 is 0 Å². The summed E-state index contributed by atoms with van der Waals surface area (Å²) in [5.74, 6) is 0.356. The summed E-state index contributed by atoms with van der Waals surface area (Å²) in [5, 5.41) is 10.9. The van der Waals surface area contributed by atoms with E-state index in [2.05, 4.69) is 22.7 Å². The van der Waals surface area contributed by atoms with Gasteiger partial charge in [-0.1, -0.05) is 32.0 Å². The summed E-state index contributed by atoms with van der Waals surface area (Å²) < 4.78 is 7.47. The Bertz CT molecular complexity index is 721. The van der Waals surface area contributed by atoms with E-state index < -0.39 is 0 Å². The summed E-state index contributed by atoms with van der Waals surface area (Å²) in [6.45, 7) is 7.48. The number of nitrogens with one attached hydrogen (secondary N) is 2. The Labute approximate surface area is 154 Å². The number of amides is 1. The van der Waals surface area contributed by atoms with E-state index in [1.54, 1.807) is 10.9 Å². The molecule has 6 heteroatoms. The van der Waals surface area contributed by atoms with Crippen LogP contribution in [-0.2, 0) is 0 Å². The van der Waals surface area contributed by atoms with Gasteiger partial charge in [-0.25, -0.2) is 4.68 Å². The van der Waals surface area contributed by atoms with Crippen molar-refractivity contribution in [3.63, 3.8) is 0 Å². The molecule has 0 radical (unpaired) electrons. The van der Waals surface area contributed by atoms with Crippen LogP contribution in [0.2, 0.25) is 0 Å². The van der Waals surface area contributed by atoms with Crippen LogP contribution in [0.4, 0.5) is 0 Å². The molecular formula is C20H28N4O2. The lowest BCUT2D eigenvalue weighted by Crippen LogP contribution is -2.43. The standard InChI is InChI=1S/C20H28N4O2/c1-3-13-26-17-14-24(16-7-5-4-6-8-16)23-18(17)19(25)22-15-20(2)9-11-21-12-10-20/h4-8,14,21H,3,9-13,15H2,1-2H3,(H,22,25). The number of hydrogen-bond donors (Lipinski definition) is 2. The summed E-state index contributed by atoms with van der Waals surface area (Å²) in [5.41, 5.74) is 1.38. The van der Waals surface area contributed by atoms with Crippen molar-refractivity contribution in [3.05, 3.63) is 42.2 Å². The average Bonchev–Trinajstić information content (AvgIpc) is 3.10. The van der Waals surface area contributed by atoms with Gasteiger partial charge in [0.05, 0.1) is 18.5 Å². The number of ether oxygens (including phenoxy) is 1. The van der Waals surface area contributed by atoms with Crippen molar-refractivity contribution in [2.24, 2.45) is 5.41 Å². The second-order valence-electron chi connectivity index (χ2n) is 7.21. The van der Waals surface area contributed by atoms with Crippen molar-refractivity contribution < 1.29 is 9.53 Å². The van der Waals surface area contributed by atoms with E-state index in [4.69, 9.17) is 4.74 Å². The monoisotopic (exact) mass is 356 g/mol. The van der Waals surface area contributed by atoms with Crippen LogP contribution < -0.4 is 15.4 Å². The van der Waals surface area contributed by atoms with Gasteiger partial charge < -0.3 is 15.4 Å². The van der Waals surface area contributed by atoms with Gasteiger partial charge >= 0.3 is 0 Å². The molecule has 3 rings (SSSR count). The van der Waals surface area contributed by atoms with Crippen LogP contribution in [-0.4, -0.2) is 41.9 Å². The smallest absolute Gasteiger partial charge is 0.275 e. The van der Waals surface area contributed by atoms with Gasteiger partial charge in [-0.05, 0) is 49.9 Å². The number of nitrogens with zero attached hydrogens (tertiary/aromatic N) is 2. The molecule has 26 heavy (non-hydrogen) atoms. The van der Waals surface area contributed by atoms with Gasteiger partial charge in [0.15, 0.2) is 11.4 Å². The third kappa shape index (κ3) is 4.43. The number of para-hydroxylation sites is 1. The molecule has 2 N–H and O–H groups in total. The maximum Gasteiger partial charge on any atom is 0.275 e. The van der Waals surface area contributed by atoms with Crippen molar-refractivity contribution in [2.45, 2.75) is 33.1 Å². The number of piperidine rings is 1. The van der Waals surface area contributed by atoms with E-state index in [1.165, 1.54) is 0 Å². The molecule has 1 aromatic carbocycles. The number of carbonyl (C=O) groups is 1. The lowest BCUT2D eigenvalue weighted by molar-refractivity contribution is 0.0913. The Balaban J connectivity index is 1.75. The molecule has 6 nitrogen and oxygen atoms in total. The number of rotatable bonds is 7. The highest BCUT2D eigenvalue weighted by Gasteiger charge is 2.28. The Hall–Kier alpha value is -2.34. The number of hydrogen-bond acceptors (Lipinski definition) is 4. The van der Waals surface area contributed by atoms with Crippen molar-refractivity contribution in [1.29, 1.82) is 0 Å². The highest BCUT2D eigenvalue weighted by molar-refractivity contribution is 5.95. The molecule has 1 aromatic heterocycles. The molecule has 0 unspecified atom stereocenters. The molecule has 0 bridgehead atoms. The number of aromatic nitrogens is 2.